The summed E-state index contributed by atoms with van der Waals surface area (Å²) in [6.07, 6.45) is 5.27. The van der Waals surface area contributed by atoms with Crippen LogP contribution >= 0.6 is 0 Å². The summed E-state index contributed by atoms with van der Waals surface area (Å²) in [6, 6.07) is 5.39. The first-order chi connectivity index (χ1) is 8.29. The van der Waals surface area contributed by atoms with E-state index in [0.717, 1.165) is 11.1 Å². The Morgan fingerprint density at radius 1 is 1.35 bits per heavy atom. The Morgan fingerprint density at radius 2 is 2.24 bits per heavy atom. The number of carbonyl (C=O) groups is 1. The molecule has 88 valence electrons. The second-order valence-corrected chi connectivity index (χ2v) is 3.66. The van der Waals surface area contributed by atoms with Crippen molar-refractivity contribution in [1.29, 1.82) is 0 Å². The van der Waals surface area contributed by atoms with Gasteiger partial charge in [0.05, 0.1) is 0 Å². The number of carbonyl (C=O) groups excluding carboxylic acids is 1. The highest BCUT2D eigenvalue weighted by Crippen LogP contribution is 2.01. The zero-order valence-corrected chi connectivity index (χ0v) is 9.31. The van der Waals surface area contributed by atoms with Crippen molar-refractivity contribution in [3.8, 4) is 0 Å². The first-order valence-corrected chi connectivity index (χ1v) is 5.34. The number of hydrogen-bond acceptors (Lipinski definition) is 3. The Labute approximate surface area is 99.1 Å². The van der Waals surface area contributed by atoms with Gasteiger partial charge in [-0.1, -0.05) is 6.07 Å². The van der Waals surface area contributed by atoms with Gasteiger partial charge in [0.2, 0.25) is 0 Å². The molecule has 0 aromatic carbocycles. The predicted molar refractivity (Wildman–Crippen MR) is 64.1 cm³/mol. The van der Waals surface area contributed by atoms with E-state index in [1.807, 2.05) is 18.5 Å². The molecule has 2 rings (SSSR count). The van der Waals surface area contributed by atoms with Crippen LogP contribution in [0.2, 0.25) is 0 Å². The summed E-state index contributed by atoms with van der Waals surface area (Å²) in [5.74, 6) is -0.185. The fraction of sp³-hybridized carbons (Fsp3) is 0.167. The molecular formula is C12H14N4O. The van der Waals surface area contributed by atoms with Crippen molar-refractivity contribution < 1.29 is 4.79 Å². The van der Waals surface area contributed by atoms with Crippen LogP contribution in [-0.4, -0.2) is 15.9 Å². The van der Waals surface area contributed by atoms with Crippen LogP contribution in [-0.2, 0) is 13.1 Å². The van der Waals surface area contributed by atoms with E-state index in [1.54, 1.807) is 18.3 Å². The van der Waals surface area contributed by atoms with E-state index in [9.17, 15) is 4.79 Å². The Bertz CT molecular complexity index is 476. The van der Waals surface area contributed by atoms with Crippen LogP contribution in [0.3, 0.4) is 0 Å². The third-order valence-corrected chi connectivity index (χ3v) is 2.41. The molecule has 2 aromatic rings. The zero-order valence-electron chi connectivity index (χ0n) is 9.31. The van der Waals surface area contributed by atoms with Gasteiger partial charge in [-0.3, -0.25) is 9.78 Å². The molecule has 0 fully saturated rings. The molecule has 0 aliphatic rings. The van der Waals surface area contributed by atoms with Gasteiger partial charge in [-0.2, -0.15) is 0 Å². The number of pyridine rings is 1. The molecule has 2 aromatic heterocycles. The van der Waals surface area contributed by atoms with E-state index in [1.165, 1.54) is 0 Å². The number of nitrogens with one attached hydrogen (secondary N) is 2. The van der Waals surface area contributed by atoms with Gasteiger partial charge in [0.1, 0.15) is 5.69 Å². The minimum Gasteiger partial charge on any atom is -0.367 e. The molecule has 17 heavy (non-hydrogen) atoms. The first-order valence-electron chi connectivity index (χ1n) is 5.34. The maximum Gasteiger partial charge on any atom is 0.270 e. The van der Waals surface area contributed by atoms with Gasteiger partial charge in [0.15, 0.2) is 0 Å². The molecule has 5 heteroatoms. The smallest absolute Gasteiger partial charge is 0.270 e. The molecule has 0 radical (unpaired) electrons. The molecular weight excluding hydrogens is 216 g/mol. The van der Waals surface area contributed by atoms with Crippen LogP contribution in [0, 0.1) is 0 Å². The summed E-state index contributed by atoms with van der Waals surface area (Å²) in [7, 11) is 0. The highest BCUT2D eigenvalue weighted by Gasteiger charge is 2.06. The van der Waals surface area contributed by atoms with Crippen LogP contribution in [0.5, 0.6) is 0 Å². The Morgan fingerprint density at radius 3 is 2.82 bits per heavy atom. The van der Waals surface area contributed by atoms with Gasteiger partial charge < -0.3 is 16.0 Å². The number of H-pyrrole nitrogens is 1. The summed E-state index contributed by atoms with van der Waals surface area (Å²) < 4.78 is 0. The lowest BCUT2D eigenvalue weighted by Crippen LogP contribution is -2.23. The Kier molecular flexibility index (Phi) is 3.52. The van der Waals surface area contributed by atoms with E-state index in [2.05, 4.69) is 15.3 Å². The van der Waals surface area contributed by atoms with E-state index >= 15 is 0 Å². The topological polar surface area (TPSA) is 83.8 Å². The molecule has 2 heterocycles. The second kappa shape index (κ2) is 5.27. The lowest BCUT2D eigenvalue weighted by molar-refractivity contribution is 0.0946. The van der Waals surface area contributed by atoms with Gasteiger partial charge in [-0.05, 0) is 23.3 Å². The summed E-state index contributed by atoms with van der Waals surface area (Å²) >= 11 is 0. The molecule has 0 atom stereocenters. The van der Waals surface area contributed by atoms with Crippen LogP contribution in [0.25, 0.3) is 0 Å². The second-order valence-electron chi connectivity index (χ2n) is 3.66. The molecule has 0 aliphatic heterocycles. The van der Waals surface area contributed by atoms with Gasteiger partial charge in [-0.15, -0.1) is 0 Å². The third kappa shape index (κ3) is 2.92. The van der Waals surface area contributed by atoms with E-state index in [4.69, 9.17) is 5.73 Å². The van der Waals surface area contributed by atoms with E-state index in [0.29, 0.717) is 18.8 Å². The lowest BCUT2D eigenvalue weighted by Gasteiger charge is -2.03. The lowest BCUT2D eigenvalue weighted by atomic mass is 10.2. The standard InChI is InChI=1S/C12H14N4O/c13-5-9-1-2-11(15-7-9)12(17)16-8-10-3-4-14-6-10/h1-4,6-7,14H,5,8,13H2,(H,16,17). The van der Waals surface area contributed by atoms with Crippen molar-refractivity contribution in [2.45, 2.75) is 13.1 Å². The van der Waals surface area contributed by atoms with Crippen LogP contribution in [0.4, 0.5) is 0 Å². The minimum atomic E-state index is -0.185. The number of aromatic nitrogens is 2. The summed E-state index contributed by atoms with van der Waals surface area (Å²) in [4.78, 5) is 18.7. The number of nitrogens with two attached hydrogens (primary N) is 1. The SMILES string of the molecule is NCc1ccc(C(=O)NCc2cc[nH]c2)nc1. The Hall–Kier alpha value is -2.14. The Balaban J connectivity index is 1.95. The maximum atomic E-state index is 11.7. The molecule has 0 spiro atoms. The maximum absolute atomic E-state index is 11.7. The molecule has 0 unspecified atom stereocenters. The number of nitrogens with zero attached hydrogens (tertiary/aromatic N) is 1. The summed E-state index contributed by atoms with van der Waals surface area (Å²) in [5, 5.41) is 2.79. The highest BCUT2D eigenvalue weighted by atomic mass is 16.1. The highest BCUT2D eigenvalue weighted by molar-refractivity contribution is 5.92. The van der Waals surface area contributed by atoms with Crippen LogP contribution < -0.4 is 11.1 Å². The third-order valence-electron chi connectivity index (χ3n) is 2.41. The largest absolute Gasteiger partial charge is 0.367 e. The average Bonchev–Trinajstić information content (AvgIpc) is 2.89. The van der Waals surface area contributed by atoms with Gasteiger partial charge >= 0.3 is 0 Å². The monoisotopic (exact) mass is 230 g/mol. The predicted octanol–water partition coefficient (Wildman–Crippen LogP) is 0.798. The molecule has 0 saturated carbocycles. The van der Waals surface area contributed by atoms with Crippen molar-refractivity contribution in [2.24, 2.45) is 5.73 Å². The average molecular weight is 230 g/mol. The van der Waals surface area contributed by atoms with Crippen molar-refractivity contribution in [1.82, 2.24) is 15.3 Å². The number of hydrogen-bond donors (Lipinski definition) is 3. The normalized spacial score (nSPS) is 10.2. The van der Waals surface area contributed by atoms with Crippen molar-refractivity contribution in [3.63, 3.8) is 0 Å². The summed E-state index contributed by atoms with van der Waals surface area (Å²) in [6.45, 7) is 0.918. The molecule has 5 nitrogen and oxygen atoms in total. The zero-order chi connectivity index (χ0) is 12.1. The van der Waals surface area contributed by atoms with Gasteiger partial charge in [0.25, 0.3) is 5.91 Å². The van der Waals surface area contributed by atoms with Gasteiger partial charge in [-0.25, -0.2) is 0 Å². The van der Waals surface area contributed by atoms with Crippen LogP contribution in [0.15, 0.2) is 36.8 Å². The fourth-order valence-electron chi connectivity index (χ4n) is 1.42. The van der Waals surface area contributed by atoms with Crippen LogP contribution in [0.1, 0.15) is 21.6 Å². The van der Waals surface area contributed by atoms with E-state index < -0.39 is 0 Å². The molecule has 1 amide bonds. The number of aromatic amines is 1. The number of rotatable bonds is 4. The van der Waals surface area contributed by atoms with Crippen molar-refractivity contribution in [3.05, 3.63) is 53.6 Å². The van der Waals surface area contributed by atoms with Crippen molar-refractivity contribution in [2.75, 3.05) is 0 Å². The molecule has 0 bridgehead atoms. The summed E-state index contributed by atoms with van der Waals surface area (Å²) in [5.41, 5.74) is 7.79. The van der Waals surface area contributed by atoms with Crippen molar-refractivity contribution >= 4 is 5.91 Å². The molecule has 0 aliphatic carbocycles. The fourth-order valence-corrected chi connectivity index (χ4v) is 1.42. The van der Waals surface area contributed by atoms with E-state index in [-0.39, 0.29) is 5.91 Å². The minimum absolute atomic E-state index is 0.185. The quantitative estimate of drug-likeness (QED) is 0.726. The number of amides is 1. The molecule has 4 N–H and O–H groups in total. The van der Waals surface area contributed by atoms with Gasteiger partial charge in [0, 0.05) is 31.7 Å². The first kappa shape index (κ1) is 11.3. The molecule has 0 saturated heterocycles.